The monoisotopic (exact) mass is 308 g/mol. The summed E-state index contributed by atoms with van der Waals surface area (Å²) in [5.74, 6) is 0. The van der Waals surface area contributed by atoms with Gasteiger partial charge in [-0.15, -0.1) is 11.3 Å². The number of thiophene rings is 1. The maximum absolute atomic E-state index is 4.47. The van der Waals surface area contributed by atoms with Crippen LogP contribution in [0.25, 0.3) is 15.7 Å². The molecule has 0 aliphatic rings. The van der Waals surface area contributed by atoms with Crippen LogP contribution in [-0.2, 0) is 6.42 Å². The molecule has 2 heterocycles. The van der Waals surface area contributed by atoms with E-state index in [1.54, 1.807) is 0 Å². The highest BCUT2D eigenvalue weighted by Gasteiger charge is 2.16. The fourth-order valence-corrected chi connectivity index (χ4v) is 3.82. The minimum atomic E-state index is 0.956. The average Bonchev–Trinajstić information content (AvgIpc) is 2.91. The maximum atomic E-state index is 4.47. The molecule has 1 aromatic carbocycles. The molecule has 0 aliphatic heterocycles. The summed E-state index contributed by atoms with van der Waals surface area (Å²) in [7, 11) is 4.22. The van der Waals surface area contributed by atoms with E-state index in [1.165, 1.54) is 20.5 Å². The van der Waals surface area contributed by atoms with Gasteiger partial charge in [-0.3, -0.25) is 4.98 Å². The molecule has 0 fully saturated rings. The van der Waals surface area contributed by atoms with Gasteiger partial charge in [-0.05, 0) is 38.7 Å². The molecular weight excluding hydrogens is 288 g/mol. The lowest BCUT2D eigenvalue weighted by atomic mass is 9.99. The third-order valence-corrected chi connectivity index (χ3v) is 4.96. The lowest BCUT2D eigenvalue weighted by Gasteiger charge is -2.11. The Morgan fingerprint density at radius 1 is 1.14 bits per heavy atom. The molecule has 0 radical (unpaired) electrons. The summed E-state index contributed by atoms with van der Waals surface area (Å²) in [5, 5.41) is 1.29. The van der Waals surface area contributed by atoms with Gasteiger partial charge in [0.25, 0.3) is 0 Å². The molecule has 0 unspecified atom stereocenters. The Balaban J connectivity index is 2.09. The van der Waals surface area contributed by atoms with Crippen molar-refractivity contribution in [2.24, 2.45) is 0 Å². The Morgan fingerprint density at radius 3 is 2.64 bits per heavy atom. The molecule has 0 bridgehead atoms. The first kappa shape index (κ1) is 14.9. The highest BCUT2D eigenvalue weighted by molar-refractivity contribution is 7.19. The second-order valence-corrected chi connectivity index (χ2v) is 6.78. The zero-order valence-electron chi connectivity index (χ0n) is 13.0. The Bertz CT molecular complexity index is 788. The lowest BCUT2D eigenvalue weighted by Crippen LogP contribution is -2.15. The predicted molar refractivity (Wildman–Crippen MR) is 96.5 cm³/mol. The molecule has 0 spiro atoms. The van der Waals surface area contributed by atoms with Gasteiger partial charge in [0.2, 0.25) is 0 Å². The molecule has 112 valence electrons. The summed E-state index contributed by atoms with van der Waals surface area (Å²) in [6, 6.07) is 14.6. The molecule has 2 aromatic heterocycles. The topological polar surface area (TPSA) is 16.1 Å². The van der Waals surface area contributed by atoms with Crippen LogP contribution in [0.15, 0.2) is 55.2 Å². The van der Waals surface area contributed by atoms with Crippen LogP contribution in [0.5, 0.6) is 0 Å². The highest BCUT2D eigenvalue weighted by Crippen LogP contribution is 2.37. The smallest absolute Gasteiger partial charge is 0.0702 e. The van der Waals surface area contributed by atoms with Crippen LogP contribution in [0.1, 0.15) is 16.1 Å². The highest BCUT2D eigenvalue weighted by atomic mass is 32.1. The van der Waals surface area contributed by atoms with Gasteiger partial charge < -0.3 is 4.90 Å². The van der Waals surface area contributed by atoms with Crippen molar-refractivity contribution in [3.8, 4) is 0 Å². The van der Waals surface area contributed by atoms with Gasteiger partial charge in [0.15, 0.2) is 0 Å². The van der Waals surface area contributed by atoms with Crippen molar-refractivity contribution in [2.45, 2.75) is 6.42 Å². The van der Waals surface area contributed by atoms with Crippen molar-refractivity contribution in [3.05, 3.63) is 71.4 Å². The summed E-state index contributed by atoms with van der Waals surface area (Å²) in [6.07, 6.45) is 2.86. The van der Waals surface area contributed by atoms with E-state index in [1.807, 2.05) is 35.7 Å². The van der Waals surface area contributed by atoms with Crippen molar-refractivity contribution >= 4 is 27.0 Å². The van der Waals surface area contributed by atoms with E-state index in [4.69, 9.17) is 0 Å². The zero-order chi connectivity index (χ0) is 15.5. The van der Waals surface area contributed by atoms with Gasteiger partial charge in [-0.1, -0.05) is 30.8 Å². The molecule has 0 amide bonds. The van der Waals surface area contributed by atoms with Gasteiger partial charge in [0.05, 0.1) is 5.69 Å². The second kappa shape index (κ2) is 6.42. The molecule has 0 atom stereocenters. The van der Waals surface area contributed by atoms with E-state index in [0.717, 1.165) is 24.2 Å². The Hall–Kier alpha value is -1.97. The van der Waals surface area contributed by atoms with Gasteiger partial charge in [-0.25, -0.2) is 0 Å². The zero-order valence-corrected chi connectivity index (χ0v) is 13.9. The summed E-state index contributed by atoms with van der Waals surface area (Å²) in [5.41, 5.74) is 3.24. The van der Waals surface area contributed by atoms with Gasteiger partial charge in [-0.2, -0.15) is 0 Å². The Kier molecular flexibility index (Phi) is 4.36. The number of benzene rings is 1. The van der Waals surface area contributed by atoms with Gasteiger partial charge >= 0.3 is 0 Å². The fraction of sp³-hybridized carbons (Fsp3) is 0.211. The number of aromatic nitrogens is 1. The molecule has 3 heteroatoms. The molecule has 0 N–H and O–H groups in total. The van der Waals surface area contributed by atoms with Crippen LogP contribution >= 0.6 is 11.3 Å². The number of fused-ring (bicyclic) bond motifs is 1. The summed E-state index contributed by atoms with van der Waals surface area (Å²) in [6.45, 7) is 5.37. The standard InChI is InChI=1S/C19H20N2S/c1-14(16-9-6-7-12-20-16)19-15-8-4-5-10-17(15)22-18(19)11-13-21(2)3/h4-10,12H,1,11,13H2,2-3H3. The summed E-state index contributed by atoms with van der Waals surface area (Å²) < 4.78 is 1.32. The first-order chi connectivity index (χ1) is 10.7. The Labute approximate surface area is 135 Å². The Morgan fingerprint density at radius 2 is 1.91 bits per heavy atom. The molecule has 3 aromatic rings. The predicted octanol–water partition coefficient (Wildman–Crippen LogP) is 4.46. The molecule has 0 saturated heterocycles. The first-order valence-electron chi connectivity index (χ1n) is 7.42. The third kappa shape index (κ3) is 2.96. The van der Waals surface area contributed by atoms with Crippen molar-refractivity contribution in [1.82, 2.24) is 9.88 Å². The van der Waals surface area contributed by atoms with E-state index >= 15 is 0 Å². The molecule has 22 heavy (non-hydrogen) atoms. The van der Waals surface area contributed by atoms with Crippen molar-refractivity contribution in [3.63, 3.8) is 0 Å². The minimum absolute atomic E-state index is 0.956. The van der Waals surface area contributed by atoms with Crippen LogP contribution in [0.4, 0.5) is 0 Å². The largest absolute Gasteiger partial charge is 0.309 e. The SMILES string of the molecule is C=C(c1ccccn1)c1c(CCN(C)C)sc2ccccc12. The average molecular weight is 308 g/mol. The number of hydrogen-bond donors (Lipinski definition) is 0. The molecule has 2 nitrogen and oxygen atoms in total. The van der Waals surface area contributed by atoms with Crippen molar-refractivity contribution in [2.75, 3.05) is 20.6 Å². The van der Waals surface area contributed by atoms with Crippen LogP contribution in [0, 0.1) is 0 Å². The summed E-state index contributed by atoms with van der Waals surface area (Å²) in [4.78, 5) is 8.09. The number of hydrogen-bond acceptors (Lipinski definition) is 3. The first-order valence-corrected chi connectivity index (χ1v) is 8.24. The van der Waals surface area contributed by atoms with Gasteiger partial charge in [0.1, 0.15) is 0 Å². The van der Waals surface area contributed by atoms with E-state index in [0.29, 0.717) is 0 Å². The number of nitrogens with zero attached hydrogens (tertiary/aromatic N) is 2. The molecule has 0 saturated carbocycles. The van der Waals surface area contributed by atoms with Crippen LogP contribution in [0.3, 0.4) is 0 Å². The quantitative estimate of drug-likeness (QED) is 0.691. The normalized spacial score (nSPS) is 11.2. The number of rotatable bonds is 5. The third-order valence-electron chi connectivity index (χ3n) is 3.73. The molecule has 0 aliphatic carbocycles. The van der Waals surface area contributed by atoms with E-state index in [-0.39, 0.29) is 0 Å². The maximum Gasteiger partial charge on any atom is 0.0702 e. The molecular formula is C19H20N2S. The number of pyridine rings is 1. The van der Waals surface area contributed by atoms with Crippen LogP contribution in [-0.4, -0.2) is 30.5 Å². The summed E-state index contributed by atoms with van der Waals surface area (Å²) >= 11 is 1.87. The van der Waals surface area contributed by atoms with Crippen LogP contribution < -0.4 is 0 Å². The van der Waals surface area contributed by atoms with Crippen molar-refractivity contribution in [1.29, 1.82) is 0 Å². The van der Waals surface area contributed by atoms with Crippen LogP contribution in [0.2, 0.25) is 0 Å². The molecule has 3 rings (SSSR count). The van der Waals surface area contributed by atoms with Crippen molar-refractivity contribution < 1.29 is 0 Å². The fourth-order valence-electron chi connectivity index (χ4n) is 2.60. The number of likely N-dealkylation sites (N-methyl/N-ethyl adjacent to an activating group) is 1. The van der Waals surface area contributed by atoms with E-state index in [9.17, 15) is 0 Å². The van der Waals surface area contributed by atoms with E-state index in [2.05, 4.69) is 54.8 Å². The lowest BCUT2D eigenvalue weighted by molar-refractivity contribution is 0.415. The van der Waals surface area contributed by atoms with E-state index < -0.39 is 0 Å². The minimum Gasteiger partial charge on any atom is -0.309 e. The second-order valence-electron chi connectivity index (χ2n) is 5.64. The van der Waals surface area contributed by atoms with Gasteiger partial charge in [0, 0.05) is 38.8 Å².